The third kappa shape index (κ3) is 2.58. The normalized spacial score (nSPS) is 15.9. The molecule has 2 aromatic rings. The Kier molecular flexibility index (Phi) is 3.06. The number of carbonyl (C=O) groups is 1. The molecular formula is C15H18N4O. The van der Waals surface area contributed by atoms with Crippen LogP contribution in [0.5, 0.6) is 0 Å². The van der Waals surface area contributed by atoms with Gasteiger partial charge in [-0.25, -0.2) is 0 Å². The summed E-state index contributed by atoms with van der Waals surface area (Å²) < 4.78 is 1.61. The van der Waals surface area contributed by atoms with Gasteiger partial charge < -0.3 is 11.1 Å². The van der Waals surface area contributed by atoms with E-state index < -0.39 is 0 Å². The smallest absolute Gasteiger partial charge is 0.254 e. The summed E-state index contributed by atoms with van der Waals surface area (Å²) >= 11 is 0. The highest BCUT2D eigenvalue weighted by molar-refractivity contribution is 5.93. The third-order valence-corrected chi connectivity index (χ3v) is 3.74. The Morgan fingerprint density at radius 2 is 2.10 bits per heavy atom. The highest BCUT2D eigenvalue weighted by atomic mass is 16.1. The van der Waals surface area contributed by atoms with Crippen molar-refractivity contribution in [1.29, 1.82) is 0 Å². The molecule has 1 aliphatic rings. The molecule has 1 aromatic heterocycles. The zero-order chi connectivity index (χ0) is 14.2. The van der Waals surface area contributed by atoms with Gasteiger partial charge in [-0.3, -0.25) is 9.48 Å². The summed E-state index contributed by atoms with van der Waals surface area (Å²) in [6.07, 6.45) is 5.38. The second kappa shape index (κ2) is 4.76. The number of hydrogen-bond donors (Lipinski definition) is 2. The maximum Gasteiger partial charge on any atom is 0.254 e. The quantitative estimate of drug-likeness (QED) is 0.879. The fourth-order valence-corrected chi connectivity index (χ4v) is 2.20. The van der Waals surface area contributed by atoms with E-state index in [0.717, 1.165) is 18.4 Å². The predicted molar refractivity (Wildman–Crippen MR) is 75.9 cm³/mol. The Hall–Kier alpha value is -2.14. The molecule has 20 heavy (non-hydrogen) atoms. The first-order valence-corrected chi connectivity index (χ1v) is 6.72. The summed E-state index contributed by atoms with van der Waals surface area (Å²) in [5, 5.41) is 6.86. The monoisotopic (exact) mass is 270 g/mol. The lowest BCUT2D eigenvalue weighted by Crippen LogP contribution is -2.22. The molecule has 3 N–H and O–H groups in total. The van der Waals surface area contributed by atoms with Gasteiger partial charge in [0.05, 0.1) is 11.8 Å². The Bertz CT molecular complexity index is 626. The van der Waals surface area contributed by atoms with Crippen molar-refractivity contribution in [3.8, 4) is 0 Å². The molecule has 5 nitrogen and oxygen atoms in total. The van der Waals surface area contributed by atoms with E-state index in [1.54, 1.807) is 24.1 Å². The number of hydrogen-bond acceptors (Lipinski definition) is 3. The number of nitrogens with two attached hydrogens (primary N) is 1. The number of benzene rings is 1. The van der Waals surface area contributed by atoms with Gasteiger partial charge in [0.15, 0.2) is 0 Å². The summed E-state index contributed by atoms with van der Waals surface area (Å²) in [6, 6.07) is 8.15. The lowest BCUT2D eigenvalue weighted by atomic mass is 10.0. The number of carbonyl (C=O) groups excluding carboxylic acids is 1. The van der Waals surface area contributed by atoms with E-state index in [1.165, 1.54) is 5.56 Å². The molecule has 0 unspecified atom stereocenters. The number of nitrogens with one attached hydrogen (secondary N) is 1. The van der Waals surface area contributed by atoms with Crippen molar-refractivity contribution < 1.29 is 4.79 Å². The first kappa shape index (κ1) is 12.9. The number of nitrogens with zero attached hydrogens (tertiary/aromatic N) is 2. The first-order chi connectivity index (χ1) is 9.57. The maximum absolute atomic E-state index is 11.9. The molecule has 0 bridgehead atoms. The summed E-state index contributed by atoms with van der Waals surface area (Å²) in [5.41, 5.74) is 8.86. The Balaban J connectivity index is 1.59. The van der Waals surface area contributed by atoms with Crippen LogP contribution >= 0.6 is 0 Å². The summed E-state index contributed by atoms with van der Waals surface area (Å²) in [6.45, 7) is 0.506. The van der Waals surface area contributed by atoms with Crippen LogP contribution in [0.4, 0.5) is 0 Å². The molecule has 1 heterocycles. The van der Waals surface area contributed by atoms with E-state index in [2.05, 4.69) is 22.5 Å². The number of aromatic nitrogens is 2. The second-order valence-electron chi connectivity index (χ2n) is 5.44. The molecule has 1 fully saturated rings. The molecule has 1 aromatic carbocycles. The lowest BCUT2D eigenvalue weighted by Gasteiger charge is -2.10. The first-order valence-electron chi connectivity index (χ1n) is 6.72. The predicted octanol–water partition coefficient (Wildman–Crippen LogP) is 1.30. The van der Waals surface area contributed by atoms with Gasteiger partial charge in [-0.2, -0.15) is 5.10 Å². The van der Waals surface area contributed by atoms with E-state index in [1.807, 2.05) is 12.1 Å². The average molecular weight is 270 g/mol. The zero-order valence-electron chi connectivity index (χ0n) is 11.5. The largest absolute Gasteiger partial charge is 0.348 e. The van der Waals surface area contributed by atoms with Crippen LogP contribution in [-0.2, 0) is 19.1 Å². The highest BCUT2D eigenvalue weighted by Gasteiger charge is 2.39. The van der Waals surface area contributed by atoms with E-state index in [-0.39, 0.29) is 11.4 Å². The number of rotatable bonds is 4. The van der Waals surface area contributed by atoms with Crippen molar-refractivity contribution in [3.05, 3.63) is 53.3 Å². The van der Waals surface area contributed by atoms with Crippen molar-refractivity contribution >= 4 is 5.91 Å². The lowest BCUT2D eigenvalue weighted by molar-refractivity contribution is 0.0951. The molecule has 1 saturated carbocycles. The minimum absolute atomic E-state index is 0.0997. The second-order valence-corrected chi connectivity index (χ2v) is 5.44. The van der Waals surface area contributed by atoms with Gasteiger partial charge in [0, 0.05) is 25.3 Å². The van der Waals surface area contributed by atoms with Gasteiger partial charge in [-0.1, -0.05) is 24.3 Å². The summed E-state index contributed by atoms with van der Waals surface area (Å²) in [5.74, 6) is -0.111. The minimum atomic E-state index is -0.111. The molecule has 0 saturated heterocycles. The average Bonchev–Trinajstić information content (AvgIpc) is 3.05. The van der Waals surface area contributed by atoms with Crippen LogP contribution in [0.2, 0.25) is 0 Å². The molecule has 0 spiro atoms. The molecular weight excluding hydrogens is 252 g/mol. The molecule has 1 amide bonds. The number of aryl methyl sites for hydroxylation is 1. The zero-order valence-corrected chi connectivity index (χ0v) is 11.5. The molecule has 5 heteroatoms. The van der Waals surface area contributed by atoms with Crippen LogP contribution in [0.3, 0.4) is 0 Å². The Morgan fingerprint density at radius 3 is 2.65 bits per heavy atom. The Morgan fingerprint density at radius 1 is 1.40 bits per heavy atom. The van der Waals surface area contributed by atoms with E-state index in [9.17, 15) is 4.79 Å². The van der Waals surface area contributed by atoms with Crippen LogP contribution in [0.1, 0.15) is 34.3 Å². The van der Waals surface area contributed by atoms with Gasteiger partial charge in [0.25, 0.3) is 5.91 Å². The summed E-state index contributed by atoms with van der Waals surface area (Å²) in [7, 11) is 1.79. The minimum Gasteiger partial charge on any atom is -0.348 e. The highest BCUT2D eigenvalue weighted by Crippen LogP contribution is 2.42. The molecule has 0 radical (unpaired) electrons. The van der Waals surface area contributed by atoms with Crippen LogP contribution in [-0.4, -0.2) is 15.7 Å². The summed E-state index contributed by atoms with van der Waals surface area (Å²) in [4.78, 5) is 11.9. The fraction of sp³-hybridized carbons (Fsp3) is 0.333. The maximum atomic E-state index is 11.9. The molecule has 3 rings (SSSR count). The van der Waals surface area contributed by atoms with Crippen LogP contribution in [0.15, 0.2) is 36.7 Å². The SMILES string of the molecule is Cn1cc(C(=O)NCc2ccc(C3(N)CC3)cc2)cn1. The Labute approximate surface area is 117 Å². The van der Waals surface area contributed by atoms with Gasteiger partial charge in [-0.15, -0.1) is 0 Å². The van der Waals surface area contributed by atoms with Crippen molar-refractivity contribution in [2.75, 3.05) is 0 Å². The van der Waals surface area contributed by atoms with Gasteiger partial charge in [0.2, 0.25) is 0 Å². The molecule has 104 valence electrons. The molecule has 0 atom stereocenters. The number of amides is 1. The van der Waals surface area contributed by atoms with Crippen molar-refractivity contribution in [3.63, 3.8) is 0 Å². The van der Waals surface area contributed by atoms with Gasteiger partial charge >= 0.3 is 0 Å². The van der Waals surface area contributed by atoms with Gasteiger partial charge in [0.1, 0.15) is 0 Å². The van der Waals surface area contributed by atoms with E-state index in [0.29, 0.717) is 12.1 Å². The van der Waals surface area contributed by atoms with E-state index >= 15 is 0 Å². The topological polar surface area (TPSA) is 72.9 Å². The van der Waals surface area contributed by atoms with Gasteiger partial charge in [-0.05, 0) is 24.0 Å². The standard InChI is InChI=1S/C15H18N4O/c1-19-10-12(9-18-19)14(20)17-8-11-2-4-13(5-3-11)15(16)6-7-15/h2-5,9-10H,6-8,16H2,1H3,(H,17,20). The fourth-order valence-electron chi connectivity index (χ4n) is 2.20. The van der Waals surface area contributed by atoms with Crippen molar-refractivity contribution in [2.45, 2.75) is 24.9 Å². The third-order valence-electron chi connectivity index (χ3n) is 3.74. The van der Waals surface area contributed by atoms with Crippen molar-refractivity contribution in [2.24, 2.45) is 12.8 Å². The van der Waals surface area contributed by atoms with Crippen LogP contribution in [0.25, 0.3) is 0 Å². The van der Waals surface area contributed by atoms with Crippen LogP contribution < -0.4 is 11.1 Å². The van der Waals surface area contributed by atoms with Crippen molar-refractivity contribution in [1.82, 2.24) is 15.1 Å². The molecule has 1 aliphatic carbocycles. The van der Waals surface area contributed by atoms with E-state index in [4.69, 9.17) is 5.73 Å². The van der Waals surface area contributed by atoms with Crippen LogP contribution in [0, 0.1) is 0 Å². The molecule has 0 aliphatic heterocycles.